The molecule has 0 unspecified atom stereocenters. The number of carbonyl (C=O) groups is 2. The zero-order chi connectivity index (χ0) is 23.9. The molecule has 1 fully saturated rings. The molecule has 0 atom stereocenters. The number of terminal acetylenes is 1. The lowest BCUT2D eigenvalue weighted by atomic mass is 9.96. The van der Waals surface area contributed by atoms with Gasteiger partial charge in [-0.3, -0.25) is 9.59 Å². The lowest BCUT2D eigenvalue weighted by Crippen LogP contribution is -2.61. The number of carbonyl (C=O) groups excluding carboxylic acids is 2. The standard InChI is InChI=1S/C26H23N3O5/c1-4-16-8-9-20-18(14-16)24(30)28-26(34-20)10-12-29(13-11-26)25(31)19-15-22(33-3)17-6-5-7-21(32-2)23(17)27-19/h1,5-9,14-15H,10-13H2,2-3H3,(H,28,30). The summed E-state index contributed by atoms with van der Waals surface area (Å²) in [5.74, 6) is 3.68. The van der Waals surface area contributed by atoms with Crippen LogP contribution in [-0.2, 0) is 0 Å². The summed E-state index contributed by atoms with van der Waals surface area (Å²) in [7, 11) is 3.12. The number of nitrogens with one attached hydrogen (secondary N) is 1. The lowest BCUT2D eigenvalue weighted by molar-refractivity contribution is -0.0246. The number of hydrogen-bond donors (Lipinski definition) is 1. The van der Waals surface area contributed by atoms with Crippen LogP contribution in [0.5, 0.6) is 17.2 Å². The Hall–Kier alpha value is -4.25. The van der Waals surface area contributed by atoms with Gasteiger partial charge in [-0.05, 0) is 30.3 Å². The van der Waals surface area contributed by atoms with Crippen molar-refractivity contribution in [1.82, 2.24) is 15.2 Å². The molecule has 2 aromatic carbocycles. The molecule has 1 saturated heterocycles. The van der Waals surface area contributed by atoms with Gasteiger partial charge in [-0.1, -0.05) is 12.0 Å². The van der Waals surface area contributed by atoms with E-state index < -0.39 is 5.72 Å². The maximum absolute atomic E-state index is 13.3. The minimum Gasteiger partial charge on any atom is -0.496 e. The minimum atomic E-state index is -0.865. The molecule has 2 aliphatic rings. The average Bonchev–Trinajstić information content (AvgIpc) is 2.87. The van der Waals surface area contributed by atoms with Crippen molar-refractivity contribution in [3.8, 4) is 29.6 Å². The van der Waals surface area contributed by atoms with Crippen LogP contribution in [0.3, 0.4) is 0 Å². The Morgan fingerprint density at radius 2 is 1.91 bits per heavy atom. The number of para-hydroxylation sites is 1. The third-order valence-corrected chi connectivity index (χ3v) is 6.32. The first kappa shape index (κ1) is 21.6. The largest absolute Gasteiger partial charge is 0.496 e. The van der Waals surface area contributed by atoms with Gasteiger partial charge in [0.15, 0.2) is 5.72 Å². The molecule has 0 radical (unpaired) electrons. The Kier molecular flexibility index (Phi) is 5.25. The molecule has 1 spiro atoms. The number of benzene rings is 2. The maximum atomic E-state index is 13.3. The highest BCUT2D eigenvalue weighted by molar-refractivity contribution is 6.00. The highest BCUT2D eigenvalue weighted by Gasteiger charge is 2.43. The van der Waals surface area contributed by atoms with Crippen LogP contribution in [0.15, 0.2) is 42.5 Å². The Morgan fingerprint density at radius 1 is 1.15 bits per heavy atom. The minimum absolute atomic E-state index is 0.220. The van der Waals surface area contributed by atoms with Crippen molar-refractivity contribution in [3.63, 3.8) is 0 Å². The van der Waals surface area contributed by atoms with E-state index in [9.17, 15) is 9.59 Å². The number of fused-ring (bicyclic) bond motifs is 2. The number of ether oxygens (including phenoxy) is 3. The van der Waals surface area contributed by atoms with Crippen molar-refractivity contribution < 1.29 is 23.8 Å². The molecule has 3 aromatic rings. The third kappa shape index (κ3) is 3.55. The van der Waals surface area contributed by atoms with E-state index in [2.05, 4.69) is 16.2 Å². The van der Waals surface area contributed by atoms with E-state index in [1.165, 1.54) is 0 Å². The number of aromatic nitrogens is 1. The van der Waals surface area contributed by atoms with E-state index in [1.807, 2.05) is 12.1 Å². The van der Waals surface area contributed by atoms with Gasteiger partial charge < -0.3 is 24.4 Å². The summed E-state index contributed by atoms with van der Waals surface area (Å²) in [4.78, 5) is 32.4. The second-order valence-electron chi connectivity index (χ2n) is 8.26. The van der Waals surface area contributed by atoms with E-state index in [0.29, 0.717) is 59.8 Å². The molecule has 2 aliphatic heterocycles. The second-order valence-corrected chi connectivity index (χ2v) is 8.26. The van der Waals surface area contributed by atoms with Crippen LogP contribution in [0.1, 0.15) is 39.3 Å². The molecule has 3 heterocycles. The number of amides is 2. The fraction of sp³-hybridized carbons (Fsp3) is 0.269. The van der Waals surface area contributed by atoms with Gasteiger partial charge >= 0.3 is 0 Å². The summed E-state index contributed by atoms with van der Waals surface area (Å²) in [6, 6.07) is 12.3. The van der Waals surface area contributed by atoms with Crippen LogP contribution in [0.25, 0.3) is 10.9 Å². The van der Waals surface area contributed by atoms with E-state index >= 15 is 0 Å². The van der Waals surface area contributed by atoms with Crippen LogP contribution in [-0.4, -0.2) is 54.7 Å². The summed E-state index contributed by atoms with van der Waals surface area (Å²) in [5.41, 5.74) is 0.998. The Balaban J connectivity index is 1.37. The molecule has 5 rings (SSSR count). The van der Waals surface area contributed by atoms with Gasteiger partial charge in [0.25, 0.3) is 11.8 Å². The highest BCUT2D eigenvalue weighted by Crippen LogP contribution is 2.35. The van der Waals surface area contributed by atoms with Crippen molar-refractivity contribution in [1.29, 1.82) is 0 Å². The molecule has 172 valence electrons. The fourth-order valence-corrected chi connectivity index (χ4v) is 4.49. The summed E-state index contributed by atoms with van der Waals surface area (Å²) in [5, 5.41) is 3.74. The first-order valence-electron chi connectivity index (χ1n) is 10.9. The fourth-order valence-electron chi connectivity index (χ4n) is 4.49. The lowest BCUT2D eigenvalue weighted by Gasteiger charge is -2.44. The van der Waals surface area contributed by atoms with Gasteiger partial charge in [0, 0.05) is 42.9 Å². The van der Waals surface area contributed by atoms with Crippen LogP contribution in [0.4, 0.5) is 0 Å². The van der Waals surface area contributed by atoms with Crippen LogP contribution >= 0.6 is 0 Å². The molecule has 1 N–H and O–H groups in total. The molecule has 2 amide bonds. The van der Waals surface area contributed by atoms with Gasteiger partial charge in [-0.25, -0.2) is 4.98 Å². The summed E-state index contributed by atoms with van der Waals surface area (Å²) < 4.78 is 17.1. The van der Waals surface area contributed by atoms with E-state index in [-0.39, 0.29) is 17.5 Å². The van der Waals surface area contributed by atoms with Crippen LogP contribution in [0.2, 0.25) is 0 Å². The molecule has 0 bridgehead atoms. The smallest absolute Gasteiger partial charge is 0.272 e. The zero-order valence-electron chi connectivity index (χ0n) is 18.9. The molecule has 0 saturated carbocycles. The van der Waals surface area contributed by atoms with Crippen LogP contribution in [0, 0.1) is 12.3 Å². The second kappa shape index (κ2) is 8.27. The van der Waals surface area contributed by atoms with Crippen molar-refractivity contribution in [2.45, 2.75) is 18.6 Å². The molecular weight excluding hydrogens is 434 g/mol. The van der Waals surface area contributed by atoms with E-state index in [4.69, 9.17) is 20.6 Å². The topological polar surface area (TPSA) is 90.0 Å². The number of pyridine rings is 1. The summed E-state index contributed by atoms with van der Waals surface area (Å²) in [6.45, 7) is 0.787. The molecule has 8 nitrogen and oxygen atoms in total. The number of likely N-dealkylation sites (tertiary alicyclic amines) is 1. The van der Waals surface area contributed by atoms with Gasteiger partial charge in [0.2, 0.25) is 0 Å². The Labute approximate surface area is 196 Å². The monoisotopic (exact) mass is 457 g/mol. The number of nitrogens with zero attached hydrogens (tertiary/aromatic N) is 2. The Morgan fingerprint density at radius 3 is 2.62 bits per heavy atom. The van der Waals surface area contributed by atoms with Crippen molar-refractivity contribution in [3.05, 3.63) is 59.3 Å². The Bertz CT molecular complexity index is 1350. The van der Waals surface area contributed by atoms with Gasteiger partial charge in [-0.15, -0.1) is 6.42 Å². The first-order valence-corrected chi connectivity index (χ1v) is 10.9. The van der Waals surface area contributed by atoms with E-state index in [0.717, 1.165) is 5.39 Å². The summed E-state index contributed by atoms with van der Waals surface area (Å²) in [6.07, 6.45) is 6.32. The zero-order valence-corrected chi connectivity index (χ0v) is 18.9. The van der Waals surface area contributed by atoms with Gasteiger partial charge in [0.05, 0.1) is 19.8 Å². The van der Waals surface area contributed by atoms with Crippen molar-refractivity contribution in [2.75, 3.05) is 27.3 Å². The first-order chi connectivity index (χ1) is 16.5. The van der Waals surface area contributed by atoms with Crippen LogP contribution < -0.4 is 19.5 Å². The predicted octanol–water partition coefficient (Wildman–Crippen LogP) is 2.99. The van der Waals surface area contributed by atoms with Crippen molar-refractivity contribution >= 4 is 22.7 Å². The average molecular weight is 457 g/mol. The quantitative estimate of drug-likeness (QED) is 0.609. The van der Waals surface area contributed by atoms with Gasteiger partial charge in [0.1, 0.15) is 28.5 Å². The molecule has 0 aliphatic carbocycles. The normalized spacial score (nSPS) is 16.3. The molecular formula is C26H23N3O5. The number of hydrogen-bond acceptors (Lipinski definition) is 6. The highest BCUT2D eigenvalue weighted by atomic mass is 16.5. The number of rotatable bonds is 3. The molecule has 1 aromatic heterocycles. The third-order valence-electron chi connectivity index (χ3n) is 6.32. The van der Waals surface area contributed by atoms with Crippen molar-refractivity contribution in [2.24, 2.45) is 0 Å². The van der Waals surface area contributed by atoms with E-state index in [1.54, 1.807) is 49.5 Å². The van der Waals surface area contributed by atoms with Gasteiger partial charge in [-0.2, -0.15) is 0 Å². The SMILES string of the molecule is C#Cc1ccc2c(c1)C(=O)NC1(CCN(C(=O)c3cc(OC)c4cccc(OC)c4n3)CC1)O2. The molecule has 34 heavy (non-hydrogen) atoms. The summed E-state index contributed by atoms with van der Waals surface area (Å²) >= 11 is 0. The number of piperidine rings is 1. The number of methoxy groups -OCH3 is 2. The maximum Gasteiger partial charge on any atom is 0.272 e. The molecule has 8 heteroatoms. The predicted molar refractivity (Wildman–Crippen MR) is 125 cm³/mol.